The molecule has 1 saturated heterocycles. The van der Waals surface area contributed by atoms with Gasteiger partial charge in [-0.25, -0.2) is 4.98 Å². The van der Waals surface area contributed by atoms with E-state index in [2.05, 4.69) is 18.8 Å². The molecule has 3 aromatic heterocycles. The van der Waals surface area contributed by atoms with E-state index in [9.17, 15) is 4.79 Å². The summed E-state index contributed by atoms with van der Waals surface area (Å²) in [6.45, 7) is 6.81. The molecule has 1 aliphatic rings. The highest BCUT2D eigenvalue weighted by molar-refractivity contribution is 7.18. The molecule has 0 bridgehead atoms. The number of fused-ring (bicyclic) bond motifs is 1. The Morgan fingerprint density at radius 2 is 2.12 bits per heavy atom. The normalized spacial score (nSPS) is 24.5. The van der Waals surface area contributed by atoms with Crippen LogP contribution >= 0.6 is 22.7 Å². The Balaban J connectivity index is 1.65. The maximum Gasteiger partial charge on any atom is 0.260 e. The predicted octanol–water partition coefficient (Wildman–Crippen LogP) is 1.91. The van der Waals surface area contributed by atoms with E-state index in [0.717, 1.165) is 40.7 Å². The quantitative estimate of drug-likeness (QED) is 0.748. The summed E-state index contributed by atoms with van der Waals surface area (Å²) in [5.74, 6) is 0.767. The van der Waals surface area contributed by atoms with E-state index >= 15 is 0 Å². The molecule has 1 fully saturated rings. The van der Waals surface area contributed by atoms with E-state index in [4.69, 9.17) is 9.72 Å². The van der Waals surface area contributed by atoms with Crippen molar-refractivity contribution < 1.29 is 9.64 Å². The third-order valence-electron chi connectivity index (χ3n) is 4.31. The number of morpholine rings is 1. The topological polar surface area (TPSA) is 59.4 Å². The molecule has 4 heterocycles. The van der Waals surface area contributed by atoms with Crippen LogP contribution in [-0.2, 0) is 11.3 Å². The molecule has 7 heteroatoms. The summed E-state index contributed by atoms with van der Waals surface area (Å²) in [5, 5.41) is 4.78. The molecule has 1 aliphatic heterocycles. The summed E-state index contributed by atoms with van der Waals surface area (Å²) in [6, 6.07) is 4.05. The minimum Gasteiger partial charge on any atom is -0.364 e. The minimum atomic E-state index is -0.0339. The Bertz CT molecular complexity index is 890. The number of nitrogens with zero attached hydrogens (tertiary/aromatic N) is 1. The van der Waals surface area contributed by atoms with Crippen LogP contribution in [0.25, 0.3) is 20.7 Å². The number of quaternary nitrogens is 1. The number of hydrogen-bond acceptors (Lipinski definition) is 5. The number of ether oxygens (including phenoxy) is 1. The van der Waals surface area contributed by atoms with Crippen molar-refractivity contribution in [1.82, 2.24) is 9.97 Å². The van der Waals surface area contributed by atoms with Crippen molar-refractivity contribution in [3.63, 3.8) is 0 Å². The molecule has 0 aromatic carbocycles. The second kappa shape index (κ2) is 6.40. The van der Waals surface area contributed by atoms with E-state index in [0.29, 0.717) is 5.39 Å². The maximum atomic E-state index is 12.6. The maximum absolute atomic E-state index is 12.6. The highest BCUT2D eigenvalue weighted by Crippen LogP contribution is 2.33. The van der Waals surface area contributed by atoms with Crippen LogP contribution in [0.4, 0.5) is 0 Å². The van der Waals surface area contributed by atoms with Gasteiger partial charge in [-0.05, 0) is 25.3 Å². The number of thiophene rings is 2. The van der Waals surface area contributed by atoms with Crippen molar-refractivity contribution in [2.24, 2.45) is 0 Å². The van der Waals surface area contributed by atoms with E-state index in [1.54, 1.807) is 22.7 Å². The smallest absolute Gasteiger partial charge is 0.260 e. The Labute approximate surface area is 147 Å². The number of aromatic nitrogens is 2. The molecule has 0 amide bonds. The van der Waals surface area contributed by atoms with Gasteiger partial charge in [0.05, 0.1) is 5.39 Å². The summed E-state index contributed by atoms with van der Waals surface area (Å²) >= 11 is 3.19. The molecular formula is C17H20N3O2S2+. The number of H-pyrrole nitrogens is 1. The number of rotatable bonds is 3. The van der Waals surface area contributed by atoms with Gasteiger partial charge in [-0.2, -0.15) is 0 Å². The lowest BCUT2D eigenvalue weighted by Crippen LogP contribution is -3.14. The van der Waals surface area contributed by atoms with Gasteiger partial charge >= 0.3 is 0 Å². The molecule has 2 atom stereocenters. The summed E-state index contributed by atoms with van der Waals surface area (Å²) in [5.41, 5.74) is 0.958. The lowest BCUT2D eigenvalue weighted by atomic mass is 10.2. The van der Waals surface area contributed by atoms with Crippen molar-refractivity contribution in [3.05, 3.63) is 39.1 Å². The number of aromatic amines is 1. The lowest BCUT2D eigenvalue weighted by Gasteiger charge is -2.32. The highest BCUT2D eigenvalue weighted by Gasteiger charge is 2.26. The molecule has 24 heavy (non-hydrogen) atoms. The Kier molecular flexibility index (Phi) is 4.26. The number of hydrogen-bond donors (Lipinski definition) is 2. The zero-order valence-corrected chi connectivity index (χ0v) is 15.3. The van der Waals surface area contributed by atoms with Crippen LogP contribution in [0.15, 0.2) is 27.7 Å². The van der Waals surface area contributed by atoms with Crippen LogP contribution in [0.5, 0.6) is 0 Å². The zero-order chi connectivity index (χ0) is 16.7. The van der Waals surface area contributed by atoms with Crippen LogP contribution in [0.3, 0.4) is 0 Å². The fourth-order valence-electron chi connectivity index (χ4n) is 3.46. The largest absolute Gasteiger partial charge is 0.364 e. The first-order valence-electron chi connectivity index (χ1n) is 8.13. The van der Waals surface area contributed by atoms with Gasteiger partial charge in [0.15, 0.2) is 5.82 Å². The molecule has 0 spiro atoms. The van der Waals surface area contributed by atoms with E-state index in [-0.39, 0.29) is 17.8 Å². The van der Waals surface area contributed by atoms with Crippen LogP contribution in [0.1, 0.15) is 19.7 Å². The third kappa shape index (κ3) is 3.04. The molecule has 0 saturated carbocycles. The van der Waals surface area contributed by atoms with Gasteiger partial charge in [-0.15, -0.1) is 22.7 Å². The Morgan fingerprint density at radius 3 is 2.83 bits per heavy atom. The fraction of sp³-hybridized carbons (Fsp3) is 0.412. The summed E-state index contributed by atoms with van der Waals surface area (Å²) < 4.78 is 5.78. The third-order valence-corrected chi connectivity index (χ3v) is 6.09. The van der Waals surface area contributed by atoms with Crippen LogP contribution in [-0.4, -0.2) is 35.3 Å². The second-order valence-electron chi connectivity index (χ2n) is 6.41. The SMILES string of the molecule is C[C@@H]1C[NH+](Cc2nc3scc(-c4cccs4)c3c(=O)[nH]2)C[C@@H](C)O1. The van der Waals surface area contributed by atoms with Gasteiger partial charge in [-0.1, -0.05) is 6.07 Å². The van der Waals surface area contributed by atoms with Crippen LogP contribution in [0, 0.1) is 0 Å². The lowest BCUT2D eigenvalue weighted by molar-refractivity contribution is -0.928. The standard InChI is InChI=1S/C17H19N3O2S2/c1-10-6-20(7-11(2)22-10)8-14-18-16(21)15-12(9-24-17(15)19-14)13-4-3-5-23-13/h3-5,9-11H,6-8H2,1-2H3,(H,18,19,21)/p+1/t10-,11-/m1/s1. The Hall–Kier alpha value is -1.54. The molecule has 0 unspecified atom stereocenters. The van der Waals surface area contributed by atoms with Crippen molar-refractivity contribution in [3.8, 4) is 10.4 Å². The average Bonchev–Trinajstić information content (AvgIpc) is 3.14. The van der Waals surface area contributed by atoms with Gasteiger partial charge in [0.2, 0.25) is 0 Å². The molecule has 4 rings (SSSR count). The molecular weight excluding hydrogens is 342 g/mol. The number of nitrogens with one attached hydrogen (secondary N) is 2. The summed E-state index contributed by atoms with van der Waals surface area (Å²) in [6.07, 6.45) is 0.484. The highest BCUT2D eigenvalue weighted by atomic mass is 32.1. The molecule has 2 N–H and O–H groups in total. The summed E-state index contributed by atoms with van der Waals surface area (Å²) in [7, 11) is 0. The average molecular weight is 363 g/mol. The first-order chi connectivity index (χ1) is 11.6. The molecule has 0 aliphatic carbocycles. The van der Waals surface area contributed by atoms with Gasteiger partial charge in [0, 0.05) is 15.8 Å². The van der Waals surface area contributed by atoms with E-state index in [1.807, 2.05) is 22.9 Å². The van der Waals surface area contributed by atoms with Crippen molar-refractivity contribution in [2.75, 3.05) is 13.1 Å². The Morgan fingerprint density at radius 1 is 1.33 bits per heavy atom. The summed E-state index contributed by atoms with van der Waals surface area (Å²) in [4.78, 5) is 23.7. The van der Waals surface area contributed by atoms with Crippen LogP contribution < -0.4 is 10.5 Å². The van der Waals surface area contributed by atoms with E-state index < -0.39 is 0 Å². The monoisotopic (exact) mass is 362 g/mol. The van der Waals surface area contributed by atoms with Crippen molar-refractivity contribution >= 4 is 32.9 Å². The molecule has 3 aromatic rings. The zero-order valence-electron chi connectivity index (χ0n) is 13.7. The fourth-order valence-corrected chi connectivity index (χ4v) is 5.24. The molecule has 0 radical (unpaired) electrons. The van der Waals surface area contributed by atoms with E-state index in [1.165, 1.54) is 4.90 Å². The first kappa shape index (κ1) is 16.0. The van der Waals surface area contributed by atoms with Crippen molar-refractivity contribution in [1.29, 1.82) is 0 Å². The van der Waals surface area contributed by atoms with Gasteiger partial charge < -0.3 is 14.6 Å². The van der Waals surface area contributed by atoms with Crippen molar-refractivity contribution in [2.45, 2.75) is 32.6 Å². The molecule has 126 valence electrons. The molecule has 5 nitrogen and oxygen atoms in total. The van der Waals surface area contributed by atoms with Gasteiger partial charge in [0.25, 0.3) is 5.56 Å². The van der Waals surface area contributed by atoms with Crippen LogP contribution in [0.2, 0.25) is 0 Å². The van der Waals surface area contributed by atoms with Gasteiger partial charge in [0.1, 0.15) is 36.7 Å². The minimum absolute atomic E-state index is 0.0339. The van der Waals surface area contributed by atoms with Gasteiger partial charge in [-0.3, -0.25) is 4.79 Å². The second-order valence-corrected chi connectivity index (χ2v) is 8.22. The predicted molar refractivity (Wildman–Crippen MR) is 98.0 cm³/mol. The first-order valence-corrected chi connectivity index (χ1v) is 9.89.